The van der Waals surface area contributed by atoms with E-state index in [1.807, 2.05) is 46.8 Å². The minimum Gasteiger partial charge on any atom is -0.468 e. The van der Waals surface area contributed by atoms with Gasteiger partial charge in [-0.15, -0.1) is 0 Å². The highest BCUT2D eigenvalue weighted by atomic mass is 16.6. The summed E-state index contributed by atoms with van der Waals surface area (Å²) in [6.07, 6.45) is 5.02. The quantitative estimate of drug-likeness (QED) is 0.462. The molecule has 1 aliphatic heterocycles. The average molecular weight is 422 g/mol. The Bertz CT molecular complexity index is 673. The first-order valence-corrected chi connectivity index (χ1v) is 10.8. The van der Waals surface area contributed by atoms with Crippen LogP contribution in [0.1, 0.15) is 65.7 Å². The van der Waals surface area contributed by atoms with Crippen LogP contribution in [0.4, 0.5) is 4.79 Å². The third kappa shape index (κ3) is 8.26. The standard InChI is InChI=1S/C22H39N5O3/c1-21(2,3)30-20(28)26-22(4,5)16-25-19(23-6)24-15-17(18-11-10-14-29-18)27-12-8-7-9-13-27/h10-11,14,17H,7-9,12-13,15-16H2,1-6H3,(H,26,28)(H2,23,24,25). The number of piperidine rings is 1. The largest absolute Gasteiger partial charge is 0.468 e. The molecule has 1 aromatic heterocycles. The predicted octanol–water partition coefficient (Wildman–Crippen LogP) is 3.27. The molecular weight excluding hydrogens is 382 g/mol. The summed E-state index contributed by atoms with van der Waals surface area (Å²) in [6.45, 7) is 12.8. The third-order valence-corrected chi connectivity index (χ3v) is 4.93. The van der Waals surface area contributed by atoms with Crippen molar-refractivity contribution in [3.8, 4) is 0 Å². The summed E-state index contributed by atoms with van der Waals surface area (Å²) in [4.78, 5) is 18.9. The number of amides is 1. The summed E-state index contributed by atoms with van der Waals surface area (Å²) in [5.74, 6) is 1.65. The lowest BCUT2D eigenvalue weighted by Crippen LogP contribution is -2.54. The van der Waals surface area contributed by atoms with Crippen molar-refractivity contribution in [1.82, 2.24) is 20.9 Å². The Morgan fingerprint density at radius 2 is 1.90 bits per heavy atom. The van der Waals surface area contributed by atoms with E-state index in [-0.39, 0.29) is 6.04 Å². The molecule has 1 saturated heterocycles. The monoisotopic (exact) mass is 421 g/mol. The van der Waals surface area contributed by atoms with Crippen LogP contribution in [0.5, 0.6) is 0 Å². The van der Waals surface area contributed by atoms with E-state index in [1.54, 1.807) is 13.3 Å². The van der Waals surface area contributed by atoms with Crippen molar-refractivity contribution < 1.29 is 13.9 Å². The molecule has 2 rings (SSSR count). The van der Waals surface area contributed by atoms with Crippen LogP contribution in [-0.4, -0.2) is 61.3 Å². The number of likely N-dealkylation sites (tertiary alicyclic amines) is 1. The number of carbonyl (C=O) groups is 1. The number of rotatable bonds is 7. The molecule has 0 aliphatic carbocycles. The number of alkyl carbamates (subject to hydrolysis) is 1. The van der Waals surface area contributed by atoms with Crippen molar-refractivity contribution in [3.05, 3.63) is 24.2 Å². The molecule has 1 amide bonds. The number of nitrogens with one attached hydrogen (secondary N) is 3. The van der Waals surface area contributed by atoms with E-state index in [4.69, 9.17) is 9.15 Å². The molecule has 2 heterocycles. The lowest BCUT2D eigenvalue weighted by molar-refractivity contribution is 0.0474. The van der Waals surface area contributed by atoms with Crippen LogP contribution in [0.3, 0.4) is 0 Å². The normalized spacial score (nSPS) is 17.3. The number of nitrogens with zero attached hydrogens (tertiary/aromatic N) is 2. The van der Waals surface area contributed by atoms with Crippen molar-refractivity contribution in [2.75, 3.05) is 33.2 Å². The zero-order valence-corrected chi connectivity index (χ0v) is 19.4. The summed E-state index contributed by atoms with van der Waals surface area (Å²) in [7, 11) is 1.74. The Morgan fingerprint density at radius 1 is 1.20 bits per heavy atom. The summed E-state index contributed by atoms with van der Waals surface area (Å²) in [6, 6.07) is 4.13. The molecule has 1 atom stereocenters. The minimum absolute atomic E-state index is 0.159. The van der Waals surface area contributed by atoms with E-state index < -0.39 is 17.2 Å². The molecule has 0 bridgehead atoms. The molecule has 3 N–H and O–H groups in total. The van der Waals surface area contributed by atoms with Gasteiger partial charge in [-0.1, -0.05) is 6.42 Å². The van der Waals surface area contributed by atoms with Crippen LogP contribution in [0, 0.1) is 0 Å². The lowest BCUT2D eigenvalue weighted by Gasteiger charge is -2.34. The van der Waals surface area contributed by atoms with Crippen molar-refractivity contribution >= 4 is 12.1 Å². The molecule has 0 saturated carbocycles. The summed E-state index contributed by atoms with van der Waals surface area (Å²) in [5.41, 5.74) is -1.03. The first-order chi connectivity index (χ1) is 14.1. The Labute approximate surface area is 180 Å². The van der Waals surface area contributed by atoms with Crippen LogP contribution >= 0.6 is 0 Å². The maximum Gasteiger partial charge on any atom is 0.408 e. The van der Waals surface area contributed by atoms with Gasteiger partial charge in [0.1, 0.15) is 11.4 Å². The molecule has 1 aliphatic rings. The number of carbonyl (C=O) groups excluding carboxylic acids is 1. The number of ether oxygens (including phenoxy) is 1. The second kappa shape index (κ2) is 10.7. The first-order valence-electron chi connectivity index (χ1n) is 10.8. The van der Waals surface area contributed by atoms with Crippen LogP contribution in [0.15, 0.2) is 27.8 Å². The molecule has 0 aromatic carbocycles. The Morgan fingerprint density at radius 3 is 2.47 bits per heavy atom. The van der Waals surface area contributed by atoms with Gasteiger partial charge in [0.25, 0.3) is 0 Å². The molecule has 8 heteroatoms. The molecule has 0 radical (unpaired) electrons. The fourth-order valence-corrected chi connectivity index (χ4v) is 3.46. The van der Waals surface area contributed by atoms with Gasteiger partial charge in [-0.3, -0.25) is 9.89 Å². The summed E-state index contributed by atoms with van der Waals surface area (Å²) < 4.78 is 11.1. The second-order valence-corrected chi connectivity index (χ2v) is 9.45. The van der Waals surface area contributed by atoms with E-state index in [1.165, 1.54) is 19.3 Å². The Balaban J connectivity index is 1.88. The minimum atomic E-state index is -0.527. The van der Waals surface area contributed by atoms with E-state index >= 15 is 0 Å². The number of hydrogen-bond acceptors (Lipinski definition) is 5. The van der Waals surface area contributed by atoms with Crippen LogP contribution in [0.25, 0.3) is 0 Å². The van der Waals surface area contributed by atoms with Gasteiger partial charge in [0.2, 0.25) is 0 Å². The Kier molecular flexibility index (Phi) is 8.58. The van der Waals surface area contributed by atoms with E-state index in [0.717, 1.165) is 18.8 Å². The molecule has 0 spiro atoms. The highest BCUT2D eigenvalue weighted by Gasteiger charge is 2.26. The molecule has 1 fully saturated rings. The molecule has 1 aromatic rings. The highest BCUT2D eigenvalue weighted by Crippen LogP contribution is 2.24. The van der Waals surface area contributed by atoms with Gasteiger partial charge in [-0.2, -0.15) is 0 Å². The maximum absolute atomic E-state index is 12.1. The van der Waals surface area contributed by atoms with Gasteiger partial charge < -0.3 is 25.1 Å². The SMILES string of the molecule is CN=C(NCC(c1ccco1)N1CCCCC1)NCC(C)(C)NC(=O)OC(C)(C)C. The van der Waals surface area contributed by atoms with Gasteiger partial charge in [-0.25, -0.2) is 4.79 Å². The molecule has 1 unspecified atom stereocenters. The second-order valence-electron chi connectivity index (χ2n) is 9.45. The van der Waals surface area contributed by atoms with Crippen LogP contribution in [0.2, 0.25) is 0 Å². The summed E-state index contributed by atoms with van der Waals surface area (Å²) in [5, 5.41) is 9.62. The van der Waals surface area contributed by atoms with Crippen molar-refractivity contribution in [1.29, 1.82) is 0 Å². The smallest absolute Gasteiger partial charge is 0.408 e. The molecule has 170 valence electrons. The fraction of sp³-hybridized carbons (Fsp3) is 0.727. The van der Waals surface area contributed by atoms with Crippen LogP contribution < -0.4 is 16.0 Å². The number of guanidine groups is 1. The van der Waals surface area contributed by atoms with Gasteiger partial charge in [0, 0.05) is 20.1 Å². The highest BCUT2D eigenvalue weighted by molar-refractivity contribution is 5.80. The fourth-order valence-electron chi connectivity index (χ4n) is 3.46. The maximum atomic E-state index is 12.1. The number of hydrogen-bond donors (Lipinski definition) is 3. The van der Waals surface area contributed by atoms with E-state index in [0.29, 0.717) is 19.0 Å². The van der Waals surface area contributed by atoms with Gasteiger partial charge >= 0.3 is 6.09 Å². The van der Waals surface area contributed by atoms with Crippen molar-refractivity contribution in [2.24, 2.45) is 4.99 Å². The Hall–Kier alpha value is -2.22. The van der Waals surface area contributed by atoms with Gasteiger partial charge in [0.05, 0.1) is 17.8 Å². The topological polar surface area (TPSA) is 91.1 Å². The zero-order valence-electron chi connectivity index (χ0n) is 19.4. The lowest BCUT2D eigenvalue weighted by atomic mass is 10.1. The number of furan rings is 1. The predicted molar refractivity (Wildman–Crippen MR) is 120 cm³/mol. The van der Waals surface area contributed by atoms with Gasteiger partial charge in [-0.05, 0) is 72.7 Å². The van der Waals surface area contributed by atoms with Crippen molar-refractivity contribution in [2.45, 2.75) is 71.1 Å². The van der Waals surface area contributed by atoms with Crippen LogP contribution in [-0.2, 0) is 4.74 Å². The number of aliphatic imine (C=N–C) groups is 1. The molecule has 8 nitrogen and oxygen atoms in total. The molecular formula is C22H39N5O3. The summed E-state index contributed by atoms with van der Waals surface area (Å²) >= 11 is 0. The van der Waals surface area contributed by atoms with Crippen molar-refractivity contribution in [3.63, 3.8) is 0 Å². The molecule has 30 heavy (non-hydrogen) atoms. The van der Waals surface area contributed by atoms with E-state index in [2.05, 4.69) is 25.8 Å². The zero-order chi connectivity index (χ0) is 22.2. The van der Waals surface area contributed by atoms with E-state index in [9.17, 15) is 4.79 Å². The first kappa shape index (κ1) is 24.1. The average Bonchev–Trinajstić information content (AvgIpc) is 3.17. The third-order valence-electron chi connectivity index (χ3n) is 4.93. The van der Waals surface area contributed by atoms with Gasteiger partial charge in [0.15, 0.2) is 5.96 Å².